The molecule has 0 aliphatic carbocycles. The first-order valence-corrected chi connectivity index (χ1v) is 8.36. The zero-order valence-electron chi connectivity index (χ0n) is 13.9. The van der Waals surface area contributed by atoms with Gasteiger partial charge in [0.2, 0.25) is 0 Å². The molecule has 1 aliphatic heterocycles. The zero-order chi connectivity index (χ0) is 18.1. The summed E-state index contributed by atoms with van der Waals surface area (Å²) in [6.07, 6.45) is -0.485. The molecular weight excluding hydrogens is 342 g/mol. The number of nitro groups is 1. The van der Waals surface area contributed by atoms with Crippen LogP contribution in [0.15, 0.2) is 42.5 Å². The van der Waals surface area contributed by atoms with Gasteiger partial charge in [-0.3, -0.25) is 14.9 Å². The first-order chi connectivity index (χ1) is 11.9. The molecule has 1 amide bonds. The number of nitrogens with one attached hydrogen (secondary N) is 1. The molecule has 6 nitrogen and oxygen atoms in total. The van der Waals surface area contributed by atoms with Crippen LogP contribution in [0.1, 0.15) is 35.9 Å². The Morgan fingerprint density at radius 2 is 2.00 bits per heavy atom. The van der Waals surface area contributed by atoms with Crippen molar-refractivity contribution < 1.29 is 9.72 Å². The number of nitrogens with zero attached hydrogens (tertiary/aromatic N) is 2. The highest BCUT2D eigenvalue weighted by atomic mass is 35.5. The number of para-hydroxylation sites is 1. The fourth-order valence-corrected chi connectivity index (χ4v) is 3.16. The van der Waals surface area contributed by atoms with E-state index in [1.807, 2.05) is 32.0 Å². The highest BCUT2D eigenvalue weighted by Crippen LogP contribution is 2.36. The molecule has 0 bridgehead atoms. The average Bonchev–Trinajstić information content (AvgIpc) is 2.57. The maximum Gasteiger partial charge on any atom is 0.288 e. The van der Waals surface area contributed by atoms with Gasteiger partial charge in [0.05, 0.1) is 10.5 Å². The molecule has 0 aromatic heterocycles. The van der Waals surface area contributed by atoms with Crippen LogP contribution >= 0.6 is 11.6 Å². The molecule has 3 rings (SSSR count). The van der Waals surface area contributed by atoms with Gasteiger partial charge in [0, 0.05) is 23.9 Å². The van der Waals surface area contributed by atoms with Gasteiger partial charge in [0.1, 0.15) is 11.2 Å². The lowest BCUT2D eigenvalue weighted by Crippen LogP contribution is -2.44. The summed E-state index contributed by atoms with van der Waals surface area (Å²) in [5.41, 5.74) is 1.77. The number of hydrogen-bond donors (Lipinski definition) is 1. The standard InChI is InChI=1S/C18H18ClN3O3/c1-11(2)10-21-17(12-7-8-14(19)16(9-12)22(24)25)20-15-6-4-3-5-13(15)18(21)23/h3-9,11,17,20H,10H2,1-2H3. The smallest absolute Gasteiger partial charge is 0.288 e. The Labute approximate surface area is 150 Å². The van der Waals surface area contributed by atoms with Crippen molar-refractivity contribution in [3.63, 3.8) is 0 Å². The van der Waals surface area contributed by atoms with Crippen LogP contribution in [0.25, 0.3) is 0 Å². The molecule has 0 fully saturated rings. The minimum Gasteiger partial charge on any atom is -0.361 e. The van der Waals surface area contributed by atoms with Gasteiger partial charge in [-0.15, -0.1) is 0 Å². The predicted octanol–water partition coefficient (Wildman–Crippen LogP) is 4.47. The molecule has 1 aliphatic rings. The first kappa shape index (κ1) is 17.2. The van der Waals surface area contributed by atoms with Crippen LogP contribution in [0.5, 0.6) is 0 Å². The average molecular weight is 360 g/mol. The summed E-state index contributed by atoms with van der Waals surface area (Å²) in [6.45, 7) is 4.57. The Kier molecular flexibility index (Phi) is 4.63. The van der Waals surface area contributed by atoms with E-state index in [-0.39, 0.29) is 22.5 Å². The van der Waals surface area contributed by atoms with E-state index in [9.17, 15) is 14.9 Å². The summed E-state index contributed by atoms with van der Waals surface area (Å²) in [5, 5.41) is 14.6. The highest BCUT2D eigenvalue weighted by Gasteiger charge is 2.33. The molecule has 0 radical (unpaired) electrons. The third kappa shape index (κ3) is 3.30. The number of amides is 1. The Morgan fingerprint density at radius 3 is 2.68 bits per heavy atom. The summed E-state index contributed by atoms with van der Waals surface area (Å²) < 4.78 is 0. The minimum absolute atomic E-state index is 0.0756. The van der Waals surface area contributed by atoms with E-state index in [4.69, 9.17) is 11.6 Å². The molecule has 1 heterocycles. The summed E-state index contributed by atoms with van der Waals surface area (Å²) in [4.78, 5) is 25.3. The Morgan fingerprint density at radius 1 is 1.28 bits per heavy atom. The molecule has 0 spiro atoms. The van der Waals surface area contributed by atoms with Crippen molar-refractivity contribution in [3.8, 4) is 0 Å². The molecule has 25 heavy (non-hydrogen) atoms. The van der Waals surface area contributed by atoms with Crippen LogP contribution in [0.4, 0.5) is 11.4 Å². The van der Waals surface area contributed by atoms with Crippen molar-refractivity contribution in [1.29, 1.82) is 0 Å². The number of fused-ring (bicyclic) bond motifs is 1. The van der Waals surface area contributed by atoms with Gasteiger partial charge in [-0.1, -0.05) is 43.6 Å². The lowest BCUT2D eigenvalue weighted by atomic mass is 10.0. The van der Waals surface area contributed by atoms with E-state index in [2.05, 4.69) is 5.32 Å². The number of halogens is 1. The third-order valence-electron chi connectivity index (χ3n) is 4.07. The molecule has 1 unspecified atom stereocenters. The predicted molar refractivity (Wildman–Crippen MR) is 96.8 cm³/mol. The molecule has 0 saturated heterocycles. The molecule has 0 saturated carbocycles. The molecule has 7 heteroatoms. The number of hydrogen-bond acceptors (Lipinski definition) is 4. The maximum atomic E-state index is 12.9. The second-order valence-corrected chi connectivity index (χ2v) is 6.82. The lowest BCUT2D eigenvalue weighted by molar-refractivity contribution is -0.384. The van der Waals surface area contributed by atoms with Crippen LogP contribution in [0.2, 0.25) is 5.02 Å². The van der Waals surface area contributed by atoms with Gasteiger partial charge in [-0.2, -0.15) is 0 Å². The van der Waals surface area contributed by atoms with Gasteiger partial charge in [0.25, 0.3) is 11.6 Å². The summed E-state index contributed by atoms with van der Waals surface area (Å²) >= 11 is 5.92. The normalized spacial score (nSPS) is 16.6. The largest absolute Gasteiger partial charge is 0.361 e. The van der Waals surface area contributed by atoms with Crippen molar-refractivity contribution in [2.45, 2.75) is 20.0 Å². The number of nitro benzene ring substituents is 1. The van der Waals surface area contributed by atoms with Gasteiger partial charge < -0.3 is 10.2 Å². The summed E-state index contributed by atoms with van der Waals surface area (Å²) in [6, 6.07) is 11.9. The van der Waals surface area contributed by atoms with E-state index in [1.165, 1.54) is 12.1 Å². The van der Waals surface area contributed by atoms with Crippen molar-refractivity contribution >= 4 is 28.9 Å². The molecular formula is C18H18ClN3O3. The quantitative estimate of drug-likeness (QED) is 0.645. The second-order valence-electron chi connectivity index (χ2n) is 6.41. The number of anilines is 1. The molecule has 1 atom stereocenters. The molecule has 130 valence electrons. The van der Waals surface area contributed by atoms with E-state index in [1.54, 1.807) is 17.0 Å². The number of carbonyl (C=O) groups is 1. The Balaban J connectivity index is 2.08. The number of rotatable bonds is 4. The monoisotopic (exact) mass is 359 g/mol. The van der Waals surface area contributed by atoms with Crippen molar-refractivity contribution in [2.75, 3.05) is 11.9 Å². The van der Waals surface area contributed by atoms with Crippen molar-refractivity contribution in [2.24, 2.45) is 5.92 Å². The number of carbonyl (C=O) groups excluding carboxylic acids is 1. The second kappa shape index (κ2) is 6.72. The summed E-state index contributed by atoms with van der Waals surface area (Å²) in [5.74, 6) is 0.159. The van der Waals surface area contributed by atoms with E-state index < -0.39 is 11.1 Å². The fourth-order valence-electron chi connectivity index (χ4n) is 2.98. The van der Waals surface area contributed by atoms with Gasteiger partial charge in [-0.05, 0) is 24.1 Å². The Bertz CT molecular complexity index is 838. The highest BCUT2D eigenvalue weighted by molar-refractivity contribution is 6.32. The van der Waals surface area contributed by atoms with Crippen LogP contribution in [0.3, 0.4) is 0 Å². The first-order valence-electron chi connectivity index (χ1n) is 7.99. The van der Waals surface area contributed by atoms with Crippen LogP contribution in [-0.2, 0) is 0 Å². The zero-order valence-corrected chi connectivity index (χ0v) is 14.7. The van der Waals surface area contributed by atoms with Crippen LogP contribution in [-0.4, -0.2) is 22.3 Å². The molecule has 2 aromatic carbocycles. The van der Waals surface area contributed by atoms with Crippen molar-refractivity contribution in [1.82, 2.24) is 4.90 Å². The van der Waals surface area contributed by atoms with Crippen LogP contribution < -0.4 is 5.32 Å². The SMILES string of the molecule is CC(C)CN1C(=O)c2ccccc2NC1c1ccc(Cl)c([N+](=O)[O-])c1. The van der Waals surface area contributed by atoms with E-state index in [0.29, 0.717) is 17.7 Å². The van der Waals surface area contributed by atoms with Crippen LogP contribution in [0, 0.1) is 16.0 Å². The fraction of sp³-hybridized carbons (Fsp3) is 0.278. The van der Waals surface area contributed by atoms with E-state index >= 15 is 0 Å². The topological polar surface area (TPSA) is 75.5 Å². The van der Waals surface area contributed by atoms with E-state index in [0.717, 1.165) is 5.69 Å². The van der Waals surface area contributed by atoms with Crippen molar-refractivity contribution in [3.05, 3.63) is 68.7 Å². The maximum absolute atomic E-state index is 12.9. The Hall–Kier alpha value is -2.60. The van der Waals surface area contributed by atoms with Gasteiger partial charge in [0.15, 0.2) is 0 Å². The van der Waals surface area contributed by atoms with Gasteiger partial charge >= 0.3 is 0 Å². The number of benzene rings is 2. The third-order valence-corrected chi connectivity index (χ3v) is 4.39. The lowest BCUT2D eigenvalue weighted by Gasteiger charge is -2.39. The molecule has 1 N–H and O–H groups in total. The minimum atomic E-state index is -0.517. The summed E-state index contributed by atoms with van der Waals surface area (Å²) in [7, 11) is 0. The molecule has 2 aromatic rings. The van der Waals surface area contributed by atoms with Gasteiger partial charge in [-0.25, -0.2) is 0 Å².